The second kappa shape index (κ2) is 5.49. The van der Waals surface area contributed by atoms with Crippen molar-refractivity contribution in [2.45, 2.75) is 0 Å². The number of aromatic nitrogens is 1. The molecule has 3 aromatic rings. The fraction of sp³-hybridized carbons (Fsp3) is 0.0588. The number of pyridine rings is 1. The number of phenols is 1. The van der Waals surface area contributed by atoms with Crippen LogP contribution in [0.4, 0.5) is 5.69 Å². The van der Waals surface area contributed by atoms with Crippen LogP contribution in [0.1, 0.15) is 10.4 Å². The van der Waals surface area contributed by atoms with Crippen LogP contribution in [0.3, 0.4) is 0 Å². The zero-order valence-electron chi connectivity index (χ0n) is 12.3. The average molecular weight is 310 g/mol. The molecule has 1 amide bonds. The molecule has 3 rings (SSSR count). The van der Waals surface area contributed by atoms with E-state index >= 15 is 0 Å². The molecule has 0 radical (unpaired) electrons. The number of benzene rings is 2. The highest BCUT2D eigenvalue weighted by atomic mass is 16.3. The summed E-state index contributed by atoms with van der Waals surface area (Å²) in [6.45, 7) is 0. The lowest BCUT2D eigenvalue weighted by molar-refractivity contribution is 0.0989. The Hall–Kier alpha value is -3.28. The molecule has 23 heavy (non-hydrogen) atoms. The van der Waals surface area contributed by atoms with Crippen LogP contribution in [0.15, 0.2) is 53.3 Å². The van der Waals surface area contributed by atoms with Gasteiger partial charge in [0.25, 0.3) is 11.5 Å². The standard InChI is InChI=1S/C17H14N2O4/c1-19(10-5-3-2-4-6-10)17(23)14-15(21)12-9-11(20)7-8-13(12)18-16(14)22/h2-9,20H,1H3,(H2,18,21,22). The smallest absolute Gasteiger partial charge is 0.267 e. The molecule has 0 fully saturated rings. The summed E-state index contributed by atoms with van der Waals surface area (Å²) in [6.07, 6.45) is 0. The molecule has 116 valence electrons. The molecule has 0 aliphatic rings. The lowest BCUT2D eigenvalue weighted by atomic mass is 10.1. The minimum absolute atomic E-state index is 0.0744. The van der Waals surface area contributed by atoms with Crippen molar-refractivity contribution in [1.82, 2.24) is 4.98 Å². The van der Waals surface area contributed by atoms with E-state index in [0.29, 0.717) is 11.2 Å². The zero-order valence-corrected chi connectivity index (χ0v) is 12.3. The molecule has 1 heterocycles. The number of amides is 1. The molecular formula is C17H14N2O4. The normalized spacial score (nSPS) is 10.7. The molecular weight excluding hydrogens is 296 g/mol. The first kappa shape index (κ1) is 14.6. The van der Waals surface area contributed by atoms with Gasteiger partial charge in [0.15, 0.2) is 0 Å². The fourth-order valence-corrected chi connectivity index (χ4v) is 2.40. The van der Waals surface area contributed by atoms with Gasteiger partial charge in [0.2, 0.25) is 0 Å². The highest BCUT2D eigenvalue weighted by Gasteiger charge is 2.23. The van der Waals surface area contributed by atoms with E-state index in [9.17, 15) is 19.8 Å². The van der Waals surface area contributed by atoms with Crippen LogP contribution in [-0.2, 0) is 0 Å². The van der Waals surface area contributed by atoms with Crippen LogP contribution in [0.25, 0.3) is 10.9 Å². The van der Waals surface area contributed by atoms with Crippen LogP contribution in [0.5, 0.6) is 11.5 Å². The summed E-state index contributed by atoms with van der Waals surface area (Å²) in [5.41, 5.74) is -0.126. The van der Waals surface area contributed by atoms with E-state index in [0.717, 1.165) is 0 Å². The number of hydrogen-bond donors (Lipinski definition) is 3. The minimum Gasteiger partial charge on any atom is -0.508 e. The zero-order chi connectivity index (χ0) is 16.6. The number of carbonyl (C=O) groups excluding carboxylic acids is 1. The van der Waals surface area contributed by atoms with Gasteiger partial charge in [0.05, 0.1) is 5.52 Å². The van der Waals surface area contributed by atoms with Gasteiger partial charge in [-0.05, 0) is 30.3 Å². The Morgan fingerprint density at radius 3 is 2.48 bits per heavy atom. The van der Waals surface area contributed by atoms with Crippen LogP contribution in [0.2, 0.25) is 0 Å². The summed E-state index contributed by atoms with van der Waals surface area (Å²) in [7, 11) is 1.52. The third kappa shape index (κ3) is 2.50. The first-order valence-electron chi connectivity index (χ1n) is 6.90. The molecule has 0 aliphatic heterocycles. The minimum atomic E-state index is -0.687. The van der Waals surface area contributed by atoms with Crippen molar-refractivity contribution in [3.63, 3.8) is 0 Å². The summed E-state index contributed by atoms with van der Waals surface area (Å²) in [6, 6.07) is 12.9. The summed E-state index contributed by atoms with van der Waals surface area (Å²) in [5.74, 6) is -1.16. The van der Waals surface area contributed by atoms with Crippen molar-refractivity contribution in [2.75, 3.05) is 11.9 Å². The second-order valence-corrected chi connectivity index (χ2v) is 5.11. The van der Waals surface area contributed by atoms with E-state index in [1.54, 1.807) is 24.3 Å². The summed E-state index contributed by atoms with van der Waals surface area (Å²) in [4.78, 5) is 28.6. The number of aromatic amines is 1. The summed E-state index contributed by atoms with van der Waals surface area (Å²) >= 11 is 0. The lowest BCUT2D eigenvalue weighted by Crippen LogP contribution is -2.31. The van der Waals surface area contributed by atoms with Crippen molar-refractivity contribution >= 4 is 22.5 Å². The molecule has 1 aromatic heterocycles. The molecule has 6 heteroatoms. The summed E-state index contributed by atoms with van der Waals surface area (Å²) < 4.78 is 0. The van der Waals surface area contributed by atoms with Crippen molar-refractivity contribution in [3.8, 4) is 11.5 Å². The number of anilines is 1. The van der Waals surface area contributed by atoms with Gasteiger partial charge in [-0.1, -0.05) is 18.2 Å². The number of nitrogens with zero attached hydrogens (tertiary/aromatic N) is 1. The van der Waals surface area contributed by atoms with Gasteiger partial charge in [-0.3, -0.25) is 9.59 Å². The molecule has 0 bridgehead atoms. The van der Waals surface area contributed by atoms with Crippen molar-refractivity contribution in [2.24, 2.45) is 0 Å². The number of fused-ring (bicyclic) bond motifs is 1. The van der Waals surface area contributed by atoms with E-state index in [-0.39, 0.29) is 16.7 Å². The molecule has 2 aromatic carbocycles. The topological polar surface area (TPSA) is 93.6 Å². The largest absolute Gasteiger partial charge is 0.508 e. The number of hydrogen-bond acceptors (Lipinski definition) is 4. The first-order chi connectivity index (χ1) is 11.0. The van der Waals surface area contributed by atoms with Crippen molar-refractivity contribution in [1.29, 1.82) is 0 Å². The van der Waals surface area contributed by atoms with E-state index in [2.05, 4.69) is 4.98 Å². The molecule has 6 nitrogen and oxygen atoms in total. The average Bonchev–Trinajstić information content (AvgIpc) is 2.55. The Balaban J connectivity index is 2.16. The highest BCUT2D eigenvalue weighted by Crippen LogP contribution is 2.29. The van der Waals surface area contributed by atoms with Crippen LogP contribution in [-0.4, -0.2) is 28.2 Å². The molecule has 3 N–H and O–H groups in total. The Bertz CT molecular complexity index is 948. The number of aromatic hydroxyl groups is 2. The van der Waals surface area contributed by atoms with Crippen LogP contribution in [0, 0.1) is 0 Å². The number of para-hydroxylation sites is 1. The molecule has 0 aliphatic carbocycles. The Kier molecular flexibility index (Phi) is 3.50. The van der Waals surface area contributed by atoms with Gasteiger partial charge in [-0.15, -0.1) is 0 Å². The maximum Gasteiger partial charge on any atom is 0.267 e. The SMILES string of the molecule is CN(C(=O)c1c(O)c2cc(O)ccc2[nH]c1=O)c1ccccc1. The van der Waals surface area contributed by atoms with Gasteiger partial charge in [0, 0.05) is 18.1 Å². The number of phenolic OH excluding ortho intramolecular Hbond substituents is 1. The Morgan fingerprint density at radius 1 is 1.09 bits per heavy atom. The number of H-pyrrole nitrogens is 1. The number of rotatable bonds is 2. The summed E-state index contributed by atoms with van der Waals surface area (Å²) in [5, 5.41) is 20.1. The second-order valence-electron chi connectivity index (χ2n) is 5.11. The van der Waals surface area contributed by atoms with Crippen LogP contribution < -0.4 is 10.5 Å². The molecule has 0 saturated heterocycles. The maximum absolute atomic E-state index is 12.6. The third-order valence-electron chi connectivity index (χ3n) is 3.63. The van der Waals surface area contributed by atoms with E-state index in [1.807, 2.05) is 6.07 Å². The Morgan fingerprint density at radius 2 is 1.78 bits per heavy atom. The first-order valence-corrected chi connectivity index (χ1v) is 6.90. The van der Waals surface area contributed by atoms with Gasteiger partial charge in [-0.2, -0.15) is 0 Å². The quantitative estimate of drug-likeness (QED) is 0.676. The Labute approximate surface area is 131 Å². The molecule has 0 unspecified atom stereocenters. The highest BCUT2D eigenvalue weighted by molar-refractivity contribution is 6.10. The van der Waals surface area contributed by atoms with Gasteiger partial charge >= 0.3 is 0 Å². The molecule has 0 saturated carbocycles. The van der Waals surface area contributed by atoms with Crippen molar-refractivity contribution in [3.05, 3.63) is 64.4 Å². The predicted octanol–water partition coefficient (Wildman–Crippen LogP) is 2.22. The van der Waals surface area contributed by atoms with E-state index in [4.69, 9.17) is 0 Å². The lowest BCUT2D eigenvalue weighted by Gasteiger charge is -2.18. The predicted molar refractivity (Wildman–Crippen MR) is 87.1 cm³/mol. The van der Waals surface area contributed by atoms with E-state index < -0.39 is 17.2 Å². The number of carbonyl (C=O) groups is 1. The van der Waals surface area contributed by atoms with Gasteiger partial charge in [0.1, 0.15) is 17.1 Å². The fourth-order valence-electron chi connectivity index (χ4n) is 2.40. The molecule has 0 spiro atoms. The number of nitrogens with one attached hydrogen (secondary N) is 1. The van der Waals surface area contributed by atoms with Crippen LogP contribution >= 0.6 is 0 Å². The molecule has 0 atom stereocenters. The monoisotopic (exact) mass is 310 g/mol. The van der Waals surface area contributed by atoms with Crippen molar-refractivity contribution < 1.29 is 15.0 Å². The van der Waals surface area contributed by atoms with Gasteiger partial charge in [-0.25, -0.2) is 0 Å². The van der Waals surface area contributed by atoms with Gasteiger partial charge < -0.3 is 20.1 Å². The third-order valence-corrected chi connectivity index (χ3v) is 3.63. The van der Waals surface area contributed by atoms with E-state index in [1.165, 1.54) is 30.1 Å². The maximum atomic E-state index is 12.6.